The minimum absolute atomic E-state index is 0.103. The van der Waals surface area contributed by atoms with Crippen molar-refractivity contribution in [3.8, 4) is 5.75 Å². The van der Waals surface area contributed by atoms with Gasteiger partial charge in [0.25, 0.3) is 0 Å². The summed E-state index contributed by atoms with van der Waals surface area (Å²) >= 11 is 1.66. The molecule has 0 atom stereocenters. The molecular weight excluding hydrogens is 250 g/mol. The Balaban J connectivity index is 2.03. The molecule has 5 heteroatoms. The summed E-state index contributed by atoms with van der Waals surface area (Å²) < 4.78 is 5.54. The quantitative estimate of drug-likeness (QED) is 0.901. The lowest BCUT2D eigenvalue weighted by atomic mass is 10.2. The molecule has 0 amide bonds. The number of thiophene rings is 1. The van der Waals surface area contributed by atoms with Gasteiger partial charge in [-0.3, -0.25) is 4.98 Å². The van der Waals surface area contributed by atoms with Crippen molar-refractivity contribution < 1.29 is 14.6 Å². The van der Waals surface area contributed by atoms with Crippen LogP contribution in [0.3, 0.4) is 0 Å². The largest absolute Gasteiger partial charge is 0.492 e. The highest BCUT2D eigenvalue weighted by molar-refractivity contribution is 7.09. The molecule has 0 bridgehead atoms. The molecule has 2 aromatic heterocycles. The maximum absolute atomic E-state index is 11.0. The van der Waals surface area contributed by atoms with Crippen LogP contribution in [0.2, 0.25) is 0 Å². The molecule has 1 N–H and O–H groups in total. The van der Waals surface area contributed by atoms with E-state index in [1.54, 1.807) is 24.3 Å². The van der Waals surface area contributed by atoms with Crippen LogP contribution >= 0.6 is 11.3 Å². The third kappa shape index (κ3) is 3.07. The van der Waals surface area contributed by atoms with E-state index in [0.29, 0.717) is 12.4 Å². The number of carboxylic acid groups (broad SMARTS) is 1. The summed E-state index contributed by atoms with van der Waals surface area (Å²) in [6.45, 7) is 2.27. The molecule has 2 aromatic rings. The van der Waals surface area contributed by atoms with Crippen LogP contribution in [0.5, 0.6) is 5.75 Å². The molecule has 0 aromatic carbocycles. The molecule has 94 valence electrons. The highest BCUT2D eigenvalue weighted by Crippen LogP contribution is 2.19. The summed E-state index contributed by atoms with van der Waals surface area (Å²) in [5.74, 6) is -0.639. The summed E-state index contributed by atoms with van der Waals surface area (Å²) in [6, 6.07) is 5.67. The number of rotatable bonds is 5. The minimum atomic E-state index is -1.02. The van der Waals surface area contributed by atoms with E-state index in [9.17, 15) is 4.79 Å². The number of aryl methyl sites for hydroxylation is 1. The van der Waals surface area contributed by atoms with Gasteiger partial charge in [0.1, 0.15) is 11.3 Å². The van der Waals surface area contributed by atoms with E-state index in [1.807, 2.05) is 17.5 Å². The van der Waals surface area contributed by atoms with Gasteiger partial charge < -0.3 is 9.84 Å². The normalized spacial score (nSPS) is 10.3. The molecular formula is C13H13NO3S. The van der Waals surface area contributed by atoms with E-state index in [-0.39, 0.29) is 5.56 Å². The van der Waals surface area contributed by atoms with Crippen LogP contribution in [-0.4, -0.2) is 22.7 Å². The number of hydrogen-bond donors (Lipinski definition) is 1. The number of carboxylic acids is 1. The Morgan fingerprint density at radius 3 is 3.06 bits per heavy atom. The van der Waals surface area contributed by atoms with Crippen LogP contribution in [0.15, 0.2) is 29.8 Å². The van der Waals surface area contributed by atoms with Crippen molar-refractivity contribution in [2.45, 2.75) is 13.3 Å². The van der Waals surface area contributed by atoms with Crippen LogP contribution < -0.4 is 4.74 Å². The van der Waals surface area contributed by atoms with Crippen LogP contribution in [0.4, 0.5) is 0 Å². The van der Waals surface area contributed by atoms with Crippen LogP contribution in [0.1, 0.15) is 20.9 Å². The van der Waals surface area contributed by atoms with Gasteiger partial charge in [-0.1, -0.05) is 6.07 Å². The number of aromatic nitrogens is 1. The molecule has 2 heterocycles. The second-order valence-electron chi connectivity index (χ2n) is 3.80. The molecule has 4 nitrogen and oxygen atoms in total. The predicted molar refractivity (Wildman–Crippen MR) is 69.5 cm³/mol. The highest BCUT2D eigenvalue weighted by Gasteiger charge is 2.12. The monoisotopic (exact) mass is 263 g/mol. The van der Waals surface area contributed by atoms with Crippen LogP contribution in [0, 0.1) is 6.92 Å². The molecule has 0 aliphatic rings. The van der Waals surface area contributed by atoms with Crippen molar-refractivity contribution in [1.82, 2.24) is 4.98 Å². The molecule has 2 rings (SSSR count). The van der Waals surface area contributed by atoms with Gasteiger partial charge in [-0.05, 0) is 18.4 Å². The van der Waals surface area contributed by atoms with Crippen molar-refractivity contribution in [1.29, 1.82) is 0 Å². The first-order valence-corrected chi connectivity index (χ1v) is 6.40. The third-order valence-electron chi connectivity index (χ3n) is 2.42. The molecule has 0 spiro atoms. The topological polar surface area (TPSA) is 59.4 Å². The standard InChI is InChI=1S/C13H13NO3S/c1-9-7-12(11(8-14-9)13(15)16)17-5-4-10-3-2-6-18-10/h2-3,6-8H,4-5H2,1H3,(H,15,16). The van der Waals surface area contributed by atoms with E-state index in [1.165, 1.54) is 11.1 Å². The lowest BCUT2D eigenvalue weighted by Crippen LogP contribution is -2.07. The van der Waals surface area contributed by atoms with Crippen molar-refractivity contribution in [3.63, 3.8) is 0 Å². The first kappa shape index (κ1) is 12.6. The third-order valence-corrected chi connectivity index (χ3v) is 3.36. The van der Waals surface area contributed by atoms with Crippen molar-refractivity contribution >= 4 is 17.3 Å². The molecule has 0 aliphatic carbocycles. The van der Waals surface area contributed by atoms with Gasteiger partial charge >= 0.3 is 5.97 Å². The summed E-state index contributed by atoms with van der Waals surface area (Å²) in [4.78, 5) is 16.2. The molecule has 0 radical (unpaired) electrons. The molecule has 0 saturated carbocycles. The van der Waals surface area contributed by atoms with E-state index < -0.39 is 5.97 Å². The van der Waals surface area contributed by atoms with Gasteiger partial charge in [0, 0.05) is 29.3 Å². The fourth-order valence-corrected chi connectivity index (χ4v) is 2.22. The Morgan fingerprint density at radius 2 is 2.39 bits per heavy atom. The second-order valence-corrected chi connectivity index (χ2v) is 4.84. The van der Waals surface area contributed by atoms with E-state index in [4.69, 9.17) is 9.84 Å². The van der Waals surface area contributed by atoms with Gasteiger partial charge in [0.05, 0.1) is 6.61 Å². The smallest absolute Gasteiger partial charge is 0.341 e. The van der Waals surface area contributed by atoms with Gasteiger partial charge in [0.2, 0.25) is 0 Å². The molecule has 18 heavy (non-hydrogen) atoms. The van der Waals surface area contributed by atoms with Gasteiger partial charge in [-0.2, -0.15) is 0 Å². The number of hydrogen-bond acceptors (Lipinski definition) is 4. The molecule has 0 aliphatic heterocycles. The van der Waals surface area contributed by atoms with E-state index in [2.05, 4.69) is 4.98 Å². The summed E-state index contributed by atoms with van der Waals surface area (Å²) in [6.07, 6.45) is 2.11. The van der Waals surface area contributed by atoms with Gasteiger partial charge in [0.15, 0.2) is 0 Å². The first-order chi connectivity index (χ1) is 8.66. The summed E-state index contributed by atoms with van der Waals surface area (Å²) in [5.41, 5.74) is 0.845. The Hall–Kier alpha value is -1.88. The van der Waals surface area contributed by atoms with Crippen molar-refractivity contribution in [2.24, 2.45) is 0 Å². The molecule has 0 saturated heterocycles. The maximum atomic E-state index is 11.0. The van der Waals surface area contributed by atoms with Crippen molar-refractivity contribution in [2.75, 3.05) is 6.61 Å². The fourth-order valence-electron chi connectivity index (χ4n) is 1.53. The van der Waals surface area contributed by atoms with Crippen LogP contribution in [-0.2, 0) is 6.42 Å². The molecule has 0 fully saturated rings. The SMILES string of the molecule is Cc1cc(OCCc2cccs2)c(C(=O)O)cn1. The summed E-state index contributed by atoms with van der Waals surface area (Å²) in [7, 11) is 0. The number of pyridine rings is 1. The number of ether oxygens (including phenoxy) is 1. The van der Waals surface area contributed by atoms with Gasteiger partial charge in [-0.25, -0.2) is 4.79 Å². The second kappa shape index (κ2) is 5.64. The zero-order valence-corrected chi connectivity index (χ0v) is 10.7. The average Bonchev–Trinajstić information content (AvgIpc) is 2.82. The maximum Gasteiger partial charge on any atom is 0.341 e. The first-order valence-electron chi connectivity index (χ1n) is 5.52. The number of carbonyl (C=O) groups is 1. The lowest BCUT2D eigenvalue weighted by molar-refractivity contribution is 0.0692. The van der Waals surface area contributed by atoms with Crippen LogP contribution in [0.25, 0.3) is 0 Å². The zero-order valence-electron chi connectivity index (χ0n) is 9.92. The zero-order chi connectivity index (χ0) is 13.0. The predicted octanol–water partition coefficient (Wildman–Crippen LogP) is 2.77. The Bertz CT molecular complexity index is 537. The highest BCUT2D eigenvalue weighted by atomic mass is 32.1. The Labute approximate surface area is 109 Å². The van der Waals surface area contributed by atoms with Crippen molar-refractivity contribution in [3.05, 3.63) is 45.9 Å². The van der Waals surface area contributed by atoms with E-state index in [0.717, 1.165) is 12.1 Å². The lowest BCUT2D eigenvalue weighted by Gasteiger charge is -2.08. The minimum Gasteiger partial charge on any atom is -0.492 e. The fraction of sp³-hybridized carbons (Fsp3) is 0.231. The average molecular weight is 263 g/mol. The number of aromatic carboxylic acids is 1. The summed E-state index contributed by atoms with van der Waals surface area (Å²) in [5, 5.41) is 11.0. The van der Waals surface area contributed by atoms with Gasteiger partial charge in [-0.15, -0.1) is 11.3 Å². The Morgan fingerprint density at radius 1 is 1.56 bits per heavy atom. The van der Waals surface area contributed by atoms with E-state index >= 15 is 0 Å². The number of nitrogens with zero attached hydrogens (tertiary/aromatic N) is 1. The Kier molecular flexibility index (Phi) is 3.94. The molecule has 0 unspecified atom stereocenters.